The monoisotopic (exact) mass is 891 g/mol. The molecule has 17 heteroatoms. The fraction of sp³-hybridized carbons (Fsp3) is 0.413. The van der Waals surface area contributed by atoms with Gasteiger partial charge in [0.15, 0.2) is 5.82 Å². The summed E-state index contributed by atoms with van der Waals surface area (Å²) in [7, 11) is 0.979. The van der Waals surface area contributed by atoms with E-state index >= 15 is 0 Å². The predicted molar refractivity (Wildman–Crippen MR) is 252 cm³/mol. The molecule has 0 bridgehead atoms. The number of ether oxygens (including phenoxy) is 1. The van der Waals surface area contributed by atoms with E-state index in [1.165, 1.54) is 5.56 Å². The van der Waals surface area contributed by atoms with Gasteiger partial charge >= 0.3 is 6.03 Å². The van der Waals surface area contributed by atoms with Crippen molar-refractivity contribution in [3.05, 3.63) is 83.8 Å². The third-order valence-corrected chi connectivity index (χ3v) is 14.5. The van der Waals surface area contributed by atoms with Crippen LogP contribution in [-0.2, 0) is 16.4 Å². The molecule has 1 saturated carbocycles. The number of piperidine rings is 1. The average molecular weight is 892 g/mol. The Hall–Kier alpha value is -5.63. The maximum atomic E-state index is 13.4. The fourth-order valence-electron chi connectivity index (χ4n) is 8.99. The van der Waals surface area contributed by atoms with Crippen LogP contribution in [-0.4, -0.2) is 109 Å². The summed E-state index contributed by atoms with van der Waals surface area (Å²) in [6.07, 6.45) is 10.3. The number of amides is 3. The van der Waals surface area contributed by atoms with Crippen LogP contribution in [0.4, 0.5) is 45.0 Å². The second kappa shape index (κ2) is 17.9. The number of benzene rings is 3. The first-order chi connectivity index (χ1) is 30.4. The summed E-state index contributed by atoms with van der Waals surface area (Å²) in [5, 5.41) is 14.8. The van der Waals surface area contributed by atoms with Gasteiger partial charge in [-0.05, 0) is 98.9 Å². The van der Waals surface area contributed by atoms with Crippen LogP contribution in [0.3, 0.4) is 0 Å². The number of rotatable bonds is 13. The molecule has 9 rings (SSSR count). The minimum absolute atomic E-state index is 0.227. The molecule has 0 radical (unpaired) electrons. The molecule has 4 fully saturated rings. The quantitative estimate of drug-likeness (QED) is 0.0997. The number of hydrogen-bond donors (Lipinski definition) is 3. The molecule has 3 aromatic carbocycles. The van der Waals surface area contributed by atoms with Crippen LogP contribution >= 0.6 is 18.7 Å². The molecule has 15 nitrogen and oxygen atoms in total. The van der Waals surface area contributed by atoms with E-state index in [0.717, 1.165) is 111 Å². The van der Waals surface area contributed by atoms with Crippen molar-refractivity contribution in [2.24, 2.45) is 13.0 Å². The van der Waals surface area contributed by atoms with E-state index in [2.05, 4.69) is 77.1 Å². The Labute approximate surface area is 373 Å². The Morgan fingerprint density at radius 3 is 2.27 bits per heavy atom. The highest BCUT2D eigenvalue weighted by molar-refractivity contribution is 7.70. The van der Waals surface area contributed by atoms with Crippen LogP contribution in [0.2, 0.25) is 5.02 Å². The molecule has 0 atom stereocenters. The van der Waals surface area contributed by atoms with Crippen molar-refractivity contribution in [2.75, 3.05) is 98.1 Å². The number of piperazine rings is 1. The van der Waals surface area contributed by atoms with Crippen molar-refractivity contribution in [1.29, 1.82) is 0 Å². The minimum Gasteiger partial charge on any atom is -0.494 e. The van der Waals surface area contributed by atoms with E-state index in [-0.39, 0.29) is 11.9 Å². The maximum absolute atomic E-state index is 13.4. The number of hydrogen-bond acceptors (Lipinski definition) is 12. The summed E-state index contributed by atoms with van der Waals surface area (Å²) in [5.74, 6) is 2.31. The van der Waals surface area contributed by atoms with E-state index in [0.29, 0.717) is 53.0 Å². The van der Waals surface area contributed by atoms with Crippen LogP contribution in [0.5, 0.6) is 5.75 Å². The van der Waals surface area contributed by atoms with Gasteiger partial charge < -0.3 is 29.7 Å². The lowest BCUT2D eigenvalue weighted by molar-refractivity contribution is -0.120. The van der Waals surface area contributed by atoms with Crippen molar-refractivity contribution >= 4 is 76.2 Å². The van der Waals surface area contributed by atoms with E-state index < -0.39 is 7.14 Å². The predicted octanol–water partition coefficient (Wildman–Crippen LogP) is 7.64. The molecule has 0 spiro atoms. The lowest BCUT2D eigenvalue weighted by Crippen LogP contribution is -2.49. The number of imide groups is 1. The van der Waals surface area contributed by atoms with Crippen LogP contribution in [0.1, 0.15) is 43.6 Å². The molecule has 2 aromatic heterocycles. The van der Waals surface area contributed by atoms with Crippen molar-refractivity contribution in [3.63, 3.8) is 0 Å². The highest BCUT2D eigenvalue weighted by Crippen LogP contribution is 2.45. The van der Waals surface area contributed by atoms with Crippen molar-refractivity contribution in [3.8, 4) is 16.9 Å². The van der Waals surface area contributed by atoms with Gasteiger partial charge in [-0.15, -0.1) is 0 Å². The molecule has 4 aliphatic rings. The Balaban J connectivity index is 0.854. The van der Waals surface area contributed by atoms with Gasteiger partial charge in [0.1, 0.15) is 17.9 Å². The van der Waals surface area contributed by atoms with Gasteiger partial charge in [0.25, 0.3) is 0 Å². The molecule has 3 amide bonds. The van der Waals surface area contributed by atoms with Crippen molar-refractivity contribution in [1.82, 2.24) is 30.0 Å². The van der Waals surface area contributed by atoms with Gasteiger partial charge in [-0.1, -0.05) is 17.7 Å². The Morgan fingerprint density at radius 2 is 1.60 bits per heavy atom. The van der Waals surface area contributed by atoms with Crippen LogP contribution < -0.4 is 40.7 Å². The van der Waals surface area contributed by atoms with Crippen LogP contribution in [0.15, 0.2) is 73.2 Å². The Kier molecular flexibility index (Phi) is 12.1. The Bertz CT molecular complexity index is 2540. The molecular weight excluding hydrogens is 837 g/mol. The van der Waals surface area contributed by atoms with E-state index in [4.69, 9.17) is 21.3 Å². The number of halogens is 1. The molecule has 3 aliphatic heterocycles. The largest absolute Gasteiger partial charge is 0.494 e. The molecule has 3 saturated heterocycles. The highest BCUT2D eigenvalue weighted by atomic mass is 35.5. The molecule has 3 N–H and O–H groups in total. The molecule has 330 valence electrons. The third kappa shape index (κ3) is 9.66. The first-order valence-corrected chi connectivity index (χ1v) is 24.8. The summed E-state index contributed by atoms with van der Waals surface area (Å²) in [6.45, 7) is 10.8. The minimum atomic E-state index is -2.62. The lowest BCUT2D eigenvalue weighted by atomic mass is 9.94. The molecule has 63 heavy (non-hydrogen) atoms. The van der Waals surface area contributed by atoms with Gasteiger partial charge in [-0.3, -0.25) is 24.6 Å². The SMILES string of the molecule is COc1cc(N2CCC(CN3CCN(c4ccc(N5CCC(=O)NC5=O)cc4)CC3)CC2)c(-c2cnn(C)c2)cc1Nc1ncc(Cl)c(Nc2ccc(C3CC3)cc2P(C)(C)=O)n1. The van der Waals surface area contributed by atoms with Crippen molar-refractivity contribution in [2.45, 2.75) is 38.0 Å². The van der Waals surface area contributed by atoms with Gasteiger partial charge in [0, 0.05) is 112 Å². The number of anilines is 7. The molecule has 5 aromatic rings. The van der Waals surface area contributed by atoms with Crippen LogP contribution in [0.25, 0.3) is 11.1 Å². The first-order valence-electron chi connectivity index (χ1n) is 21.8. The standard InChI is InChI=1S/C46H55ClN11O4P/c1-54-29-33(26-49-54)36-24-39(51-45-48-27-37(47)44(53-45)50-38-12-7-32(31-5-6-31)23-42(38)63(3,4)61)41(62-2)25-40(36)57-16-13-30(14-17-57)28-55-19-21-56(22-20-55)34-8-10-35(11-9-34)58-18-15-43(59)52-46(58)60/h7-12,23-27,29-31H,5-6,13-22,28H2,1-4H3,(H,52,59,60)(H2,48,50,51,53). The normalized spacial score (nSPS) is 17.8. The van der Waals surface area contributed by atoms with Gasteiger partial charge in [0.2, 0.25) is 11.9 Å². The van der Waals surface area contributed by atoms with E-state index in [1.54, 1.807) is 31.5 Å². The van der Waals surface area contributed by atoms with E-state index in [9.17, 15) is 14.2 Å². The van der Waals surface area contributed by atoms with Crippen LogP contribution in [0, 0.1) is 5.92 Å². The number of nitrogens with one attached hydrogen (secondary N) is 3. The number of carbonyl (C=O) groups excluding carboxylic acids is 2. The summed E-state index contributed by atoms with van der Waals surface area (Å²) < 4.78 is 21.2. The molecule has 5 heterocycles. The number of urea groups is 1. The summed E-state index contributed by atoms with van der Waals surface area (Å²) in [4.78, 5) is 42.3. The second-order valence-electron chi connectivity index (χ2n) is 17.5. The Morgan fingerprint density at radius 1 is 0.857 bits per heavy atom. The maximum Gasteiger partial charge on any atom is 0.328 e. The number of aromatic nitrogens is 4. The zero-order valence-corrected chi connectivity index (χ0v) is 38.0. The molecule has 1 aliphatic carbocycles. The zero-order valence-electron chi connectivity index (χ0n) is 36.3. The fourth-order valence-corrected chi connectivity index (χ4v) is 10.3. The average Bonchev–Trinajstić information content (AvgIpc) is 4.04. The second-order valence-corrected chi connectivity index (χ2v) is 21.1. The summed E-state index contributed by atoms with van der Waals surface area (Å²) in [6, 6.07) is 18.1. The summed E-state index contributed by atoms with van der Waals surface area (Å²) >= 11 is 6.66. The number of carbonyl (C=O) groups is 2. The summed E-state index contributed by atoms with van der Waals surface area (Å²) in [5.41, 5.74) is 7.69. The highest BCUT2D eigenvalue weighted by Gasteiger charge is 2.29. The number of nitrogens with zero attached hydrogens (tertiary/aromatic N) is 8. The lowest BCUT2D eigenvalue weighted by Gasteiger charge is -2.40. The van der Waals surface area contributed by atoms with Gasteiger partial charge in [-0.2, -0.15) is 10.1 Å². The first kappa shape index (κ1) is 42.7. The molecular formula is C46H55ClN11O4P. The van der Waals surface area contributed by atoms with E-state index in [1.807, 2.05) is 42.3 Å². The van der Waals surface area contributed by atoms with Gasteiger partial charge in [-0.25, -0.2) is 9.78 Å². The topological polar surface area (TPSA) is 153 Å². The smallest absolute Gasteiger partial charge is 0.328 e. The zero-order chi connectivity index (χ0) is 43.8. The molecule has 0 unspecified atom stereocenters. The van der Waals surface area contributed by atoms with Crippen molar-refractivity contribution < 1.29 is 18.9 Å². The number of aryl methyl sites for hydroxylation is 1. The number of methoxy groups -OCH3 is 1. The van der Waals surface area contributed by atoms with Gasteiger partial charge in [0.05, 0.1) is 30.9 Å². The third-order valence-electron chi connectivity index (χ3n) is 12.7.